The maximum atomic E-state index is 6.41. The summed E-state index contributed by atoms with van der Waals surface area (Å²) in [5.41, 5.74) is 2.61. The predicted molar refractivity (Wildman–Crippen MR) is 136 cm³/mol. The average Bonchev–Trinajstić information content (AvgIpc) is 2.80. The van der Waals surface area contributed by atoms with Crippen LogP contribution in [0.3, 0.4) is 0 Å². The Kier molecular flexibility index (Phi) is 11.7. The first-order valence-electron chi connectivity index (χ1n) is 12.1. The third kappa shape index (κ3) is 7.18. The SMILES string of the molecule is CC=[C](c1ccccc1OCc1ccccc1)[Sn]([CH2]CCC)([CH2]CCC)[CH2]CCC. The zero-order valence-electron chi connectivity index (χ0n) is 19.8. The molecule has 0 unspecified atom stereocenters. The van der Waals surface area contributed by atoms with Crippen molar-refractivity contribution < 1.29 is 4.74 Å². The standard InChI is InChI=1S/C16H15O.3C4H9.Sn/c1-2-8-15-11-6-7-12-16(15)17-13-14-9-4-3-5-10-14;3*1-3-4-2;/h2-7,9-12H,13H2,1H3;3*1,3-4H2,2H3;. The number of ether oxygens (including phenoxy) is 1. The van der Waals surface area contributed by atoms with Gasteiger partial charge in [0.1, 0.15) is 0 Å². The van der Waals surface area contributed by atoms with Gasteiger partial charge in [-0.2, -0.15) is 0 Å². The van der Waals surface area contributed by atoms with Crippen molar-refractivity contribution in [2.45, 2.75) is 86.1 Å². The Hall–Kier alpha value is -1.22. The van der Waals surface area contributed by atoms with Crippen molar-refractivity contribution in [3.05, 3.63) is 71.8 Å². The summed E-state index contributed by atoms with van der Waals surface area (Å²) in [6.45, 7) is 9.96. The number of unbranched alkanes of at least 4 members (excludes halogenated alkanes) is 3. The average molecular weight is 513 g/mol. The Morgan fingerprint density at radius 1 is 0.767 bits per heavy atom. The van der Waals surface area contributed by atoms with Crippen molar-refractivity contribution in [3.63, 3.8) is 0 Å². The van der Waals surface area contributed by atoms with Crippen LogP contribution >= 0.6 is 0 Å². The fourth-order valence-electron chi connectivity index (χ4n) is 4.62. The zero-order valence-corrected chi connectivity index (χ0v) is 22.6. The summed E-state index contributed by atoms with van der Waals surface area (Å²) in [5, 5.41) is 0. The molecule has 164 valence electrons. The van der Waals surface area contributed by atoms with E-state index in [-0.39, 0.29) is 0 Å². The van der Waals surface area contributed by atoms with E-state index in [1.807, 2.05) is 0 Å². The first kappa shape index (κ1) is 25.0. The summed E-state index contributed by atoms with van der Waals surface area (Å²) in [7, 11) is 0. The molecule has 0 saturated carbocycles. The second-order valence-corrected chi connectivity index (χ2v) is 21.7. The third-order valence-corrected chi connectivity index (χ3v) is 22.4. The van der Waals surface area contributed by atoms with Gasteiger partial charge in [-0.05, 0) is 0 Å². The van der Waals surface area contributed by atoms with E-state index >= 15 is 0 Å². The summed E-state index contributed by atoms with van der Waals surface area (Å²) in [6.07, 6.45) is 10.5. The molecule has 0 saturated heterocycles. The van der Waals surface area contributed by atoms with Crippen molar-refractivity contribution in [3.8, 4) is 5.75 Å². The van der Waals surface area contributed by atoms with Crippen LogP contribution in [-0.2, 0) is 6.61 Å². The van der Waals surface area contributed by atoms with Gasteiger partial charge in [0.2, 0.25) is 0 Å². The second-order valence-electron chi connectivity index (χ2n) is 8.56. The van der Waals surface area contributed by atoms with Crippen molar-refractivity contribution >= 4 is 22.0 Å². The molecule has 1 nitrogen and oxygen atoms in total. The Bertz CT molecular complexity index is 728. The molecule has 2 heteroatoms. The van der Waals surface area contributed by atoms with Crippen LogP contribution in [0.25, 0.3) is 3.59 Å². The van der Waals surface area contributed by atoms with E-state index in [4.69, 9.17) is 4.74 Å². The molecule has 0 bridgehead atoms. The quantitative estimate of drug-likeness (QED) is 0.229. The third-order valence-electron chi connectivity index (χ3n) is 6.30. The fourth-order valence-corrected chi connectivity index (χ4v) is 21.9. The molecule has 2 aromatic carbocycles. The molecule has 2 rings (SSSR count). The zero-order chi connectivity index (χ0) is 21.7. The van der Waals surface area contributed by atoms with Crippen LogP contribution in [-0.4, -0.2) is 18.4 Å². The van der Waals surface area contributed by atoms with Gasteiger partial charge in [0, 0.05) is 0 Å². The predicted octanol–water partition coefficient (Wildman–Crippen LogP) is 9.06. The molecule has 2 aromatic rings. The molecular weight excluding hydrogens is 471 g/mol. The molecule has 0 aromatic heterocycles. The normalized spacial score (nSPS) is 12.2. The van der Waals surface area contributed by atoms with Crippen LogP contribution in [0.4, 0.5) is 0 Å². The summed E-state index contributed by atoms with van der Waals surface area (Å²) in [6, 6.07) is 19.4. The van der Waals surface area contributed by atoms with Gasteiger partial charge in [0.05, 0.1) is 0 Å². The summed E-state index contributed by atoms with van der Waals surface area (Å²) >= 11 is -2.53. The monoisotopic (exact) mass is 514 g/mol. The van der Waals surface area contributed by atoms with E-state index in [0.29, 0.717) is 6.61 Å². The molecule has 0 N–H and O–H groups in total. The van der Waals surface area contributed by atoms with Gasteiger partial charge in [0.15, 0.2) is 0 Å². The molecule has 30 heavy (non-hydrogen) atoms. The Morgan fingerprint density at radius 3 is 1.83 bits per heavy atom. The number of para-hydroxylation sites is 1. The van der Waals surface area contributed by atoms with Gasteiger partial charge in [-0.3, -0.25) is 0 Å². The molecular formula is C28H42OSn. The topological polar surface area (TPSA) is 9.23 Å². The molecule has 0 heterocycles. The second kappa shape index (κ2) is 14.0. The molecule has 0 atom stereocenters. The molecule has 0 aliphatic carbocycles. The van der Waals surface area contributed by atoms with E-state index in [1.165, 1.54) is 63.0 Å². The minimum atomic E-state index is -2.53. The van der Waals surface area contributed by atoms with Crippen LogP contribution < -0.4 is 4.74 Å². The molecule has 0 aliphatic rings. The summed E-state index contributed by atoms with van der Waals surface area (Å²) in [4.78, 5) is 0. The molecule has 0 radical (unpaired) electrons. The van der Waals surface area contributed by atoms with Crippen molar-refractivity contribution in [2.75, 3.05) is 0 Å². The number of hydrogen-bond donors (Lipinski definition) is 0. The van der Waals surface area contributed by atoms with E-state index in [2.05, 4.69) is 88.4 Å². The van der Waals surface area contributed by atoms with Crippen molar-refractivity contribution in [1.29, 1.82) is 0 Å². The van der Waals surface area contributed by atoms with Gasteiger partial charge in [-0.1, -0.05) is 0 Å². The van der Waals surface area contributed by atoms with Crippen molar-refractivity contribution in [1.82, 2.24) is 0 Å². The van der Waals surface area contributed by atoms with E-state index in [0.717, 1.165) is 5.75 Å². The number of hydrogen-bond acceptors (Lipinski definition) is 1. The number of rotatable bonds is 14. The van der Waals surface area contributed by atoms with Crippen LogP contribution in [0.5, 0.6) is 5.75 Å². The van der Waals surface area contributed by atoms with Crippen molar-refractivity contribution in [2.24, 2.45) is 0 Å². The molecule has 0 spiro atoms. The Morgan fingerprint density at radius 2 is 1.30 bits per heavy atom. The summed E-state index contributed by atoms with van der Waals surface area (Å²) < 4.78 is 12.6. The minimum absolute atomic E-state index is 0.635. The Labute approximate surface area is 189 Å². The molecule has 0 fully saturated rings. The van der Waals surface area contributed by atoms with Gasteiger partial charge in [-0.25, -0.2) is 0 Å². The van der Waals surface area contributed by atoms with Gasteiger partial charge in [-0.15, -0.1) is 0 Å². The van der Waals surface area contributed by atoms with Crippen LogP contribution in [0.2, 0.25) is 13.3 Å². The Balaban J connectivity index is 2.39. The van der Waals surface area contributed by atoms with Crippen LogP contribution in [0, 0.1) is 0 Å². The van der Waals surface area contributed by atoms with Crippen LogP contribution in [0.1, 0.15) is 77.3 Å². The molecule has 0 aliphatic heterocycles. The van der Waals surface area contributed by atoms with Gasteiger partial charge >= 0.3 is 190 Å². The van der Waals surface area contributed by atoms with Gasteiger partial charge < -0.3 is 0 Å². The fraction of sp³-hybridized carbons (Fsp3) is 0.500. The van der Waals surface area contributed by atoms with E-state index in [9.17, 15) is 0 Å². The van der Waals surface area contributed by atoms with Gasteiger partial charge in [0.25, 0.3) is 0 Å². The van der Waals surface area contributed by atoms with E-state index in [1.54, 1.807) is 3.59 Å². The number of allylic oxidation sites excluding steroid dienone is 1. The van der Waals surface area contributed by atoms with E-state index < -0.39 is 18.4 Å². The summed E-state index contributed by atoms with van der Waals surface area (Å²) in [5.74, 6) is 1.07. The molecule has 0 amide bonds. The number of benzene rings is 2. The first-order chi connectivity index (χ1) is 14.7. The first-order valence-corrected chi connectivity index (χ1v) is 19.6. The van der Waals surface area contributed by atoms with Crippen LogP contribution in [0.15, 0.2) is 60.7 Å². The maximum absolute atomic E-state index is 6.41.